The molecule has 8 nitrogen and oxygen atoms in total. The lowest BCUT2D eigenvalue weighted by Gasteiger charge is -2.56. The Balaban J connectivity index is 1.21. The Kier molecular flexibility index (Phi) is 8.83. The van der Waals surface area contributed by atoms with Crippen molar-refractivity contribution in [3.8, 4) is 5.75 Å². The Bertz CT molecular complexity index is 1750. The first kappa shape index (κ1) is 33.6. The first-order chi connectivity index (χ1) is 23.6. The summed E-state index contributed by atoms with van der Waals surface area (Å²) in [5, 5.41) is 0.448. The largest absolute Gasteiger partial charge is 0.490 e. The smallest absolute Gasteiger partial charge is 0.262 e. The number of carbonyl (C=O) groups is 1. The highest BCUT2D eigenvalue weighted by Gasteiger charge is 2.52. The van der Waals surface area contributed by atoms with Crippen molar-refractivity contribution in [2.75, 3.05) is 57.5 Å². The van der Waals surface area contributed by atoms with Crippen LogP contribution >= 0.6 is 11.6 Å². The highest BCUT2D eigenvalue weighted by molar-refractivity contribution is 7.99. The van der Waals surface area contributed by atoms with Crippen molar-refractivity contribution in [3.63, 3.8) is 0 Å². The maximum atomic E-state index is 14.0. The van der Waals surface area contributed by atoms with E-state index in [0.29, 0.717) is 37.2 Å². The molecule has 2 aliphatic carbocycles. The second-order valence-corrected chi connectivity index (χ2v) is 18.5. The van der Waals surface area contributed by atoms with E-state index in [4.69, 9.17) is 25.8 Å². The average molecular weight is 708 g/mol. The molecule has 2 saturated heterocycles. The minimum absolute atomic E-state index is 0.0452. The molecule has 0 radical (unpaired) electrons. The van der Waals surface area contributed by atoms with Crippen LogP contribution in [0.4, 0.5) is 5.69 Å². The van der Waals surface area contributed by atoms with Crippen LogP contribution in [0.2, 0.25) is 5.02 Å². The van der Waals surface area contributed by atoms with E-state index in [0.717, 1.165) is 87.8 Å². The fraction of sp³-hybridized carbons (Fsp3) is 0.590. The molecule has 2 bridgehead atoms. The molecule has 264 valence electrons. The number of aryl methyl sites for hydroxylation is 1. The van der Waals surface area contributed by atoms with Gasteiger partial charge >= 0.3 is 0 Å². The molecule has 10 heteroatoms. The third kappa shape index (κ3) is 6.11. The van der Waals surface area contributed by atoms with Crippen LogP contribution in [0.3, 0.4) is 0 Å². The number of allylic oxidation sites excluding steroid dienone is 1. The third-order valence-corrected chi connectivity index (χ3v) is 15.2. The van der Waals surface area contributed by atoms with Gasteiger partial charge in [0.15, 0.2) is 0 Å². The van der Waals surface area contributed by atoms with Crippen molar-refractivity contribution < 1.29 is 23.2 Å². The summed E-state index contributed by atoms with van der Waals surface area (Å²) in [6.45, 7) is 10.1. The Morgan fingerprint density at radius 3 is 2.82 bits per heavy atom. The second-order valence-electron chi connectivity index (χ2n) is 15.7. The van der Waals surface area contributed by atoms with Crippen molar-refractivity contribution in [2.24, 2.45) is 17.8 Å². The number of fused-ring (bicyclic) bond motifs is 6. The Morgan fingerprint density at radius 2 is 1.98 bits per heavy atom. The third-order valence-electron chi connectivity index (χ3n) is 12.7. The fourth-order valence-corrected chi connectivity index (χ4v) is 11.1. The molecule has 2 aromatic carbocycles. The number of hydrogen-bond acceptors (Lipinski definition) is 7. The number of nitrogens with zero attached hydrogens (tertiary/aromatic N) is 2. The number of anilines is 1. The molecule has 0 aromatic heterocycles. The Hall–Kier alpha value is -2.56. The molecule has 49 heavy (non-hydrogen) atoms. The lowest BCUT2D eigenvalue weighted by Crippen LogP contribution is -2.65. The van der Waals surface area contributed by atoms with Crippen molar-refractivity contribution in [1.29, 1.82) is 0 Å². The van der Waals surface area contributed by atoms with Gasteiger partial charge in [0, 0.05) is 47.4 Å². The number of carbonyl (C=O) groups excluding carboxylic acids is 1. The predicted molar refractivity (Wildman–Crippen MR) is 196 cm³/mol. The van der Waals surface area contributed by atoms with E-state index in [9.17, 15) is 9.00 Å². The zero-order valence-electron chi connectivity index (χ0n) is 28.8. The zero-order chi connectivity index (χ0) is 34.0. The Labute approximate surface area is 296 Å². The minimum Gasteiger partial charge on any atom is -0.490 e. The van der Waals surface area contributed by atoms with E-state index >= 15 is 0 Å². The van der Waals surface area contributed by atoms with Crippen LogP contribution in [0.15, 0.2) is 48.6 Å². The number of amides is 1. The summed E-state index contributed by atoms with van der Waals surface area (Å²) in [7, 11) is -2.94. The van der Waals surface area contributed by atoms with Crippen molar-refractivity contribution in [2.45, 2.75) is 74.7 Å². The van der Waals surface area contributed by atoms with E-state index in [1.54, 1.807) is 6.07 Å². The maximum absolute atomic E-state index is 14.0. The van der Waals surface area contributed by atoms with Gasteiger partial charge in [0.1, 0.15) is 11.4 Å². The number of benzene rings is 2. The zero-order valence-corrected chi connectivity index (χ0v) is 30.4. The first-order valence-corrected chi connectivity index (χ1v) is 20.3. The van der Waals surface area contributed by atoms with Gasteiger partial charge in [0.2, 0.25) is 0 Å². The van der Waals surface area contributed by atoms with Crippen LogP contribution in [0.1, 0.15) is 67.4 Å². The fourth-order valence-electron chi connectivity index (χ4n) is 9.44. The summed E-state index contributed by atoms with van der Waals surface area (Å²) < 4.78 is 36.3. The molecule has 6 aliphatic rings. The Morgan fingerprint density at radius 1 is 1.10 bits per heavy atom. The molecule has 8 atom stereocenters. The molecule has 3 fully saturated rings. The van der Waals surface area contributed by atoms with Crippen molar-refractivity contribution in [1.82, 2.24) is 9.62 Å². The van der Waals surface area contributed by atoms with Gasteiger partial charge in [-0.3, -0.25) is 14.4 Å². The topological polar surface area (TPSA) is 80.3 Å². The number of ether oxygens (including phenoxy) is 3. The molecule has 1 N–H and O–H groups in total. The van der Waals surface area contributed by atoms with Gasteiger partial charge < -0.3 is 19.1 Å². The molecule has 1 saturated carbocycles. The summed E-state index contributed by atoms with van der Waals surface area (Å²) >= 11 is 6.50. The number of morpholine rings is 2. The normalized spacial score (nSPS) is 38.6. The lowest BCUT2D eigenvalue weighted by molar-refractivity contribution is -0.186. The van der Waals surface area contributed by atoms with Crippen molar-refractivity contribution >= 4 is 38.8 Å². The number of hydrogen-bond donors (Lipinski definition) is 1. The van der Waals surface area contributed by atoms with Gasteiger partial charge in [-0.2, -0.15) is 0 Å². The maximum Gasteiger partial charge on any atom is 0.262 e. The van der Waals surface area contributed by atoms with Crippen molar-refractivity contribution in [3.05, 3.63) is 70.3 Å². The summed E-state index contributed by atoms with van der Waals surface area (Å²) in [6, 6.07) is 12.3. The van der Waals surface area contributed by atoms with E-state index in [2.05, 4.69) is 51.6 Å². The molecular weight excluding hydrogens is 658 g/mol. The molecular formula is C39H50ClN3O5S. The van der Waals surface area contributed by atoms with Crippen LogP contribution in [-0.2, 0) is 31.0 Å². The quantitative estimate of drug-likeness (QED) is 0.280. The monoisotopic (exact) mass is 707 g/mol. The number of rotatable bonds is 0. The summed E-state index contributed by atoms with van der Waals surface area (Å²) in [5.41, 5.74) is 3.39. The molecule has 1 amide bonds. The van der Waals surface area contributed by atoms with Crippen LogP contribution < -0.4 is 14.4 Å². The predicted octanol–water partition coefficient (Wildman–Crippen LogP) is 5.65. The van der Waals surface area contributed by atoms with Gasteiger partial charge in [-0.1, -0.05) is 36.7 Å². The van der Waals surface area contributed by atoms with E-state index < -0.39 is 15.3 Å². The van der Waals surface area contributed by atoms with Gasteiger partial charge in [-0.15, -0.1) is 0 Å². The molecule has 1 unspecified atom stereocenters. The SMILES string of the molecule is C=S1(=O)NC(=O)c2ccc3c(c2)N(C[C@@H]2CC[C@H]2[C@]2(/C=C/C[C@H](C)[C@H]1C)CN1CCOC[C@@H]1CO2)C[C@@]1(CCCc2cc(Cl)ccc21)CO3. The van der Waals surface area contributed by atoms with Crippen LogP contribution in [0, 0.1) is 17.8 Å². The highest BCUT2D eigenvalue weighted by atomic mass is 35.5. The molecule has 2 spiro atoms. The highest BCUT2D eigenvalue weighted by Crippen LogP contribution is 2.50. The minimum atomic E-state index is -2.94. The average Bonchev–Trinajstić information content (AvgIpc) is 3.22. The lowest BCUT2D eigenvalue weighted by atomic mass is 9.63. The van der Waals surface area contributed by atoms with Gasteiger partial charge in [-0.05, 0) is 111 Å². The number of nitrogens with one attached hydrogen (secondary N) is 1. The van der Waals surface area contributed by atoms with E-state index in [1.165, 1.54) is 11.1 Å². The summed E-state index contributed by atoms with van der Waals surface area (Å²) in [4.78, 5) is 18.8. The second kappa shape index (κ2) is 12.9. The molecule has 4 heterocycles. The van der Waals surface area contributed by atoms with Gasteiger partial charge in [-0.25, -0.2) is 4.21 Å². The molecule has 8 rings (SSSR count). The van der Waals surface area contributed by atoms with E-state index in [-0.39, 0.29) is 28.5 Å². The summed E-state index contributed by atoms with van der Waals surface area (Å²) in [5.74, 6) is 5.27. The van der Waals surface area contributed by atoms with Gasteiger partial charge in [0.05, 0.1) is 47.9 Å². The van der Waals surface area contributed by atoms with Crippen LogP contribution in [0.25, 0.3) is 0 Å². The molecule has 2 aromatic rings. The van der Waals surface area contributed by atoms with Gasteiger partial charge in [0.25, 0.3) is 5.91 Å². The molecule has 4 aliphatic heterocycles. The van der Waals surface area contributed by atoms with Crippen LogP contribution in [0.5, 0.6) is 5.75 Å². The first-order valence-electron chi connectivity index (χ1n) is 18.2. The van der Waals surface area contributed by atoms with Crippen LogP contribution in [-0.4, -0.2) is 90.4 Å². The number of halogens is 1. The standard InChI is InChI=1S/C39H50ClN3O5S/c1-26-6-4-15-39(24-42-16-17-46-21-32(42)22-48-39)34-11-8-30(34)20-43-23-38(14-5-7-28-18-31(40)10-12-33(28)38)25-47-36-13-9-29(19-35(36)43)37(44)41-49(3,45)27(26)2/h4,9-10,12-13,15,18-19,26-27,30,32,34H,3,5-8,11,14,16-17,20-25H2,1-2H3,(H,41,44,45)/b15-4+/t26-,27+,30-,32+,34+,38-,39-,49?/m0/s1. The van der Waals surface area contributed by atoms with E-state index in [1.807, 2.05) is 25.1 Å². The summed E-state index contributed by atoms with van der Waals surface area (Å²) in [6.07, 6.45) is 10.6.